The van der Waals surface area contributed by atoms with Crippen LogP contribution in [0.15, 0.2) is 36.4 Å². The third-order valence-electron chi connectivity index (χ3n) is 3.84. The van der Waals surface area contributed by atoms with Gasteiger partial charge in [0.15, 0.2) is 0 Å². The highest BCUT2D eigenvalue weighted by atomic mass is 15.1. The van der Waals surface area contributed by atoms with E-state index in [4.69, 9.17) is 10.7 Å². The van der Waals surface area contributed by atoms with Crippen LogP contribution in [0.5, 0.6) is 0 Å². The van der Waals surface area contributed by atoms with Crippen molar-refractivity contribution in [3.63, 3.8) is 0 Å². The Labute approximate surface area is 125 Å². The van der Waals surface area contributed by atoms with Crippen LogP contribution in [0.2, 0.25) is 0 Å². The van der Waals surface area contributed by atoms with Crippen molar-refractivity contribution in [3.8, 4) is 11.4 Å². The highest BCUT2D eigenvalue weighted by Crippen LogP contribution is 2.29. The molecule has 0 fully saturated rings. The molecular formula is C18H21N3. The molecule has 21 heavy (non-hydrogen) atoms. The van der Waals surface area contributed by atoms with Crippen molar-refractivity contribution in [1.82, 2.24) is 9.55 Å². The van der Waals surface area contributed by atoms with Gasteiger partial charge >= 0.3 is 0 Å². The van der Waals surface area contributed by atoms with Gasteiger partial charge in [-0.3, -0.25) is 0 Å². The molecule has 0 unspecified atom stereocenters. The van der Waals surface area contributed by atoms with Gasteiger partial charge in [0.1, 0.15) is 5.82 Å². The summed E-state index contributed by atoms with van der Waals surface area (Å²) in [4.78, 5) is 4.88. The Morgan fingerprint density at radius 3 is 2.62 bits per heavy atom. The standard InChI is InChI=1S/C18H21N3/c1-4-9-21-17-8-5-12(2)10-16(17)20-18(21)15-7-6-14(19)11-13(15)3/h5-8,10-11H,4,9,19H2,1-3H3. The summed E-state index contributed by atoms with van der Waals surface area (Å²) in [6, 6.07) is 12.5. The second kappa shape index (κ2) is 5.24. The normalized spacial score (nSPS) is 11.2. The molecule has 108 valence electrons. The minimum atomic E-state index is 0.797. The molecule has 1 aromatic heterocycles. The van der Waals surface area contributed by atoms with Crippen LogP contribution in [0.25, 0.3) is 22.4 Å². The summed E-state index contributed by atoms with van der Waals surface area (Å²) in [5.41, 5.74) is 12.5. The van der Waals surface area contributed by atoms with Crippen LogP contribution in [-0.2, 0) is 6.54 Å². The summed E-state index contributed by atoms with van der Waals surface area (Å²) in [5, 5.41) is 0. The van der Waals surface area contributed by atoms with Crippen molar-refractivity contribution in [2.45, 2.75) is 33.7 Å². The minimum absolute atomic E-state index is 0.797. The van der Waals surface area contributed by atoms with Gasteiger partial charge in [-0.2, -0.15) is 0 Å². The van der Waals surface area contributed by atoms with Gasteiger partial charge in [0.25, 0.3) is 0 Å². The lowest BCUT2D eigenvalue weighted by Crippen LogP contribution is -2.01. The third-order valence-corrected chi connectivity index (χ3v) is 3.84. The lowest BCUT2D eigenvalue weighted by molar-refractivity contribution is 0.704. The molecule has 0 bridgehead atoms. The monoisotopic (exact) mass is 279 g/mol. The molecule has 3 aromatic rings. The van der Waals surface area contributed by atoms with E-state index in [0.29, 0.717) is 0 Å². The quantitative estimate of drug-likeness (QED) is 0.726. The summed E-state index contributed by atoms with van der Waals surface area (Å²) in [6.45, 7) is 7.36. The van der Waals surface area contributed by atoms with Gasteiger partial charge in [-0.05, 0) is 61.7 Å². The first kappa shape index (κ1) is 13.7. The van der Waals surface area contributed by atoms with E-state index in [0.717, 1.165) is 35.6 Å². The van der Waals surface area contributed by atoms with Crippen molar-refractivity contribution in [2.75, 3.05) is 5.73 Å². The number of fused-ring (bicyclic) bond motifs is 1. The molecule has 3 rings (SSSR count). The molecular weight excluding hydrogens is 258 g/mol. The zero-order chi connectivity index (χ0) is 15.0. The summed E-state index contributed by atoms with van der Waals surface area (Å²) in [6.07, 6.45) is 1.08. The van der Waals surface area contributed by atoms with Crippen molar-refractivity contribution in [2.24, 2.45) is 0 Å². The summed E-state index contributed by atoms with van der Waals surface area (Å²) >= 11 is 0. The Kier molecular flexibility index (Phi) is 3.42. The van der Waals surface area contributed by atoms with E-state index in [9.17, 15) is 0 Å². The Morgan fingerprint density at radius 1 is 1.10 bits per heavy atom. The fraction of sp³-hybridized carbons (Fsp3) is 0.278. The van der Waals surface area contributed by atoms with E-state index in [1.165, 1.54) is 16.6 Å². The number of nitrogens with zero attached hydrogens (tertiary/aromatic N) is 2. The van der Waals surface area contributed by atoms with Gasteiger partial charge < -0.3 is 10.3 Å². The predicted molar refractivity (Wildman–Crippen MR) is 89.3 cm³/mol. The second-order valence-electron chi connectivity index (χ2n) is 5.65. The number of nitrogen functional groups attached to an aromatic ring is 1. The van der Waals surface area contributed by atoms with Crippen molar-refractivity contribution < 1.29 is 0 Å². The predicted octanol–water partition coefficient (Wildman–Crippen LogP) is 4.31. The molecule has 0 radical (unpaired) electrons. The summed E-state index contributed by atoms with van der Waals surface area (Å²) in [5.74, 6) is 1.04. The number of aromatic nitrogens is 2. The zero-order valence-corrected chi connectivity index (χ0v) is 12.9. The van der Waals surface area contributed by atoms with Crippen LogP contribution in [0, 0.1) is 13.8 Å². The molecule has 0 amide bonds. The van der Waals surface area contributed by atoms with Gasteiger partial charge in [0.05, 0.1) is 11.0 Å². The Balaban J connectivity index is 2.27. The maximum atomic E-state index is 5.87. The number of benzene rings is 2. The van der Waals surface area contributed by atoms with E-state index in [1.807, 2.05) is 12.1 Å². The maximum Gasteiger partial charge on any atom is 0.141 e. The molecule has 1 heterocycles. The Bertz CT molecular complexity index is 800. The largest absolute Gasteiger partial charge is 0.399 e. The lowest BCUT2D eigenvalue weighted by atomic mass is 10.1. The molecule has 0 aliphatic heterocycles. The minimum Gasteiger partial charge on any atom is -0.399 e. The molecule has 3 nitrogen and oxygen atoms in total. The van der Waals surface area contributed by atoms with Crippen molar-refractivity contribution in [1.29, 1.82) is 0 Å². The molecule has 2 N–H and O–H groups in total. The number of rotatable bonds is 3. The number of imidazole rings is 1. The van der Waals surface area contributed by atoms with E-state index in [1.54, 1.807) is 0 Å². The van der Waals surface area contributed by atoms with E-state index < -0.39 is 0 Å². The zero-order valence-electron chi connectivity index (χ0n) is 12.9. The van der Waals surface area contributed by atoms with Crippen LogP contribution >= 0.6 is 0 Å². The van der Waals surface area contributed by atoms with Crippen LogP contribution in [-0.4, -0.2) is 9.55 Å². The smallest absolute Gasteiger partial charge is 0.141 e. The molecule has 0 aliphatic rings. The van der Waals surface area contributed by atoms with Gasteiger partial charge in [-0.25, -0.2) is 4.98 Å². The maximum absolute atomic E-state index is 5.87. The van der Waals surface area contributed by atoms with Gasteiger partial charge in [-0.15, -0.1) is 0 Å². The number of nitrogens with two attached hydrogens (primary N) is 1. The molecule has 0 spiro atoms. The molecule has 0 saturated carbocycles. The number of anilines is 1. The van der Waals surface area contributed by atoms with Crippen LogP contribution < -0.4 is 5.73 Å². The fourth-order valence-corrected chi connectivity index (χ4v) is 2.83. The highest BCUT2D eigenvalue weighted by molar-refractivity contribution is 5.82. The first-order valence-corrected chi connectivity index (χ1v) is 7.43. The molecule has 0 atom stereocenters. The van der Waals surface area contributed by atoms with Gasteiger partial charge in [-0.1, -0.05) is 13.0 Å². The average Bonchev–Trinajstić information content (AvgIpc) is 2.77. The molecule has 3 heteroatoms. The van der Waals surface area contributed by atoms with E-state index >= 15 is 0 Å². The Hall–Kier alpha value is -2.29. The van der Waals surface area contributed by atoms with E-state index in [-0.39, 0.29) is 0 Å². The second-order valence-corrected chi connectivity index (χ2v) is 5.65. The molecule has 0 saturated heterocycles. The van der Waals surface area contributed by atoms with Crippen LogP contribution in [0.3, 0.4) is 0 Å². The molecule has 2 aromatic carbocycles. The summed E-state index contributed by atoms with van der Waals surface area (Å²) < 4.78 is 2.31. The van der Waals surface area contributed by atoms with Crippen molar-refractivity contribution in [3.05, 3.63) is 47.5 Å². The third kappa shape index (κ3) is 2.40. The lowest BCUT2D eigenvalue weighted by Gasteiger charge is -2.10. The van der Waals surface area contributed by atoms with Crippen LogP contribution in [0.4, 0.5) is 5.69 Å². The summed E-state index contributed by atoms with van der Waals surface area (Å²) in [7, 11) is 0. The highest BCUT2D eigenvalue weighted by Gasteiger charge is 2.14. The van der Waals surface area contributed by atoms with Gasteiger partial charge in [0, 0.05) is 17.8 Å². The molecule has 0 aliphatic carbocycles. The van der Waals surface area contributed by atoms with Crippen LogP contribution in [0.1, 0.15) is 24.5 Å². The van der Waals surface area contributed by atoms with Crippen molar-refractivity contribution >= 4 is 16.7 Å². The van der Waals surface area contributed by atoms with Gasteiger partial charge in [0.2, 0.25) is 0 Å². The first-order chi connectivity index (χ1) is 10.1. The first-order valence-electron chi connectivity index (χ1n) is 7.43. The average molecular weight is 279 g/mol. The number of aryl methyl sites for hydroxylation is 3. The number of hydrogen-bond acceptors (Lipinski definition) is 2. The topological polar surface area (TPSA) is 43.8 Å². The SMILES string of the molecule is CCCn1c(-c2ccc(N)cc2C)nc2cc(C)ccc21. The van der Waals surface area contributed by atoms with E-state index in [2.05, 4.69) is 49.6 Å². The Morgan fingerprint density at radius 2 is 1.90 bits per heavy atom. The number of hydrogen-bond donors (Lipinski definition) is 1. The fourth-order valence-electron chi connectivity index (χ4n) is 2.83.